The summed E-state index contributed by atoms with van der Waals surface area (Å²) in [6, 6.07) is -13.6. The van der Waals surface area contributed by atoms with Crippen LogP contribution in [0.4, 0.5) is 0 Å². The number of hydrogen-bond acceptors (Lipinski definition) is 24. The van der Waals surface area contributed by atoms with Gasteiger partial charge in [0.1, 0.15) is 48.4 Å². The van der Waals surface area contributed by atoms with Crippen LogP contribution in [-0.2, 0) is 63.6 Å². The second kappa shape index (κ2) is 43.9. The first-order chi connectivity index (χ1) is 88.2. The molecule has 4 fully saturated rings. The summed E-state index contributed by atoms with van der Waals surface area (Å²) < 4.78 is 728. The average Bonchev–Trinajstić information content (AvgIpc) is 0.689. The number of carbonyl (C=O) groups excluding carboxylic acids is 4. The smallest absolute Gasteiger partial charge is 0.323 e. The molecule has 0 aromatic heterocycles. The maximum Gasteiger partial charge on any atom is 0.323 e. The minimum absolute atomic E-state index is 0.00658. The van der Waals surface area contributed by atoms with Gasteiger partial charge in [-0.15, -0.1) is 0 Å². The molecule has 12 rings (SSSR count). The van der Waals surface area contributed by atoms with Crippen LogP contribution in [0.15, 0.2) is 48.5 Å². The highest BCUT2D eigenvalue weighted by Crippen LogP contribution is 2.50. The predicted molar refractivity (Wildman–Crippen MR) is 471 cm³/mol. The summed E-state index contributed by atoms with van der Waals surface area (Å²) in [6.45, 7) is -59.6. The summed E-state index contributed by atoms with van der Waals surface area (Å²) in [5.74, 6) is -49.0. The van der Waals surface area contributed by atoms with Gasteiger partial charge in [-0.3, -0.25) is 38.8 Å². The van der Waals surface area contributed by atoms with Crippen LogP contribution in [0.5, 0.6) is 46.0 Å². The van der Waals surface area contributed by atoms with Crippen molar-refractivity contribution in [2.24, 2.45) is 93.8 Å². The largest absolute Gasteiger partial charge is 0.493 e. The number of methoxy groups -OCH3 is 8. The highest BCUT2D eigenvalue weighted by Gasteiger charge is 2.47. The van der Waals surface area contributed by atoms with E-state index in [4.69, 9.17) is 187 Å². The lowest BCUT2D eigenvalue weighted by Gasteiger charge is -2.47. The first-order valence-corrected chi connectivity index (χ1v) is 36.2. The van der Waals surface area contributed by atoms with Gasteiger partial charge >= 0.3 is 23.9 Å². The number of nitrogens with two attached hydrogens (primary N) is 4. The fourth-order valence-corrected chi connectivity index (χ4v) is 13.9. The average molecular weight is 1760 g/mol. The van der Waals surface area contributed by atoms with Gasteiger partial charge in [-0.25, -0.2) is 0 Å². The first kappa shape index (κ1) is 34.6. The second-order valence-electron chi connectivity index (χ2n) is 27.4. The second-order valence-corrected chi connectivity index (χ2v) is 27.4. The molecule has 0 radical (unpaired) electrons. The Labute approximate surface area is 832 Å². The van der Waals surface area contributed by atoms with Crippen LogP contribution >= 0.6 is 0 Å². The van der Waals surface area contributed by atoms with Gasteiger partial charge in [-0.05, 0) is 191 Å². The Morgan fingerprint density at radius 1 is 0.367 bits per heavy atom. The van der Waals surface area contributed by atoms with Crippen LogP contribution < -0.4 is 60.8 Å². The molecule has 24 heteroatoms. The summed E-state index contributed by atoms with van der Waals surface area (Å²) >= 11 is 0. The fraction of sp³-hybridized carbons (Fsp3) is 0.708. The third-order valence-corrected chi connectivity index (χ3v) is 19.5. The maximum atomic E-state index is 13.7. The molecule has 8 heterocycles. The summed E-state index contributed by atoms with van der Waals surface area (Å²) in [5, 5.41) is 0. The minimum Gasteiger partial charge on any atom is -0.493 e. The molecule has 0 bridgehead atoms. The van der Waals surface area contributed by atoms with E-state index >= 15 is 0 Å². The number of benzene rings is 4. The van der Waals surface area contributed by atoms with Crippen molar-refractivity contribution >= 4 is 23.9 Å². The van der Waals surface area contributed by atoms with E-state index < -0.39 is 415 Å². The van der Waals surface area contributed by atoms with Crippen molar-refractivity contribution in [1.82, 2.24) is 19.6 Å². The normalized spacial score (nSPS) is 45.4. The van der Waals surface area contributed by atoms with Crippen LogP contribution in [0.1, 0.15) is 341 Å². The van der Waals surface area contributed by atoms with Gasteiger partial charge in [0.25, 0.3) is 0 Å². The van der Waals surface area contributed by atoms with E-state index in [9.17, 15) is 23.3 Å². The number of aryl methyl sites for hydroxylation is 4. The van der Waals surface area contributed by atoms with Gasteiger partial charge in [0.15, 0.2) is 46.0 Å². The van der Waals surface area contributed by atoms with Crippen LogP contribution in [0, 0.1) is 70.8 Å². The van der Waals surface area contributed by atoms with Crippen LogP contribution in [0.25, 0.3) is 0 Å². The molecule has 120 heavy (non-hydrogen) atoms. The molecule has 4 aromatic carbocycles. The number of nitrogens with zero attached hydrogens (tertiary/aromatic N) is 4. The molecule has 8 N–H and O–H groups in total. The van der Waals surface area contributed by atoms with Crippen molar-refractivity contribution in [2.45, 2.75) is 259 Å². The standard InChI is InChI=1S/4C24H38N2O4/c4*1-14(2)9-17-13-26-8-7-16-10-21(28-5)22(29-6)11-18(16)19(26)12-20(17)30-24(27)23(25)15(3)4/h4*10-11,14-15,17,19-20,23H,7-9,12-13,25H2,1-6H3/t4*17?,19?,20?,23-/m0000/s1/i1D3,3D3,4D3,5D3,7D2,8D2,9D2,14D,15D,20D,23D;2*1D3,3D3,4D3,7D2,8D2,9D2,14D,15D,20D,23D;1D3,3D3,4D3,5D3,7D2,8D2,9D2,14D,15D,23D/t4*14?,17?,19?,20?,23-. The number of fused-ring (bicyclic) bond motifs is 12. The first-order valence-electron chi connectivity index (χ1n) is 76.7. The van der Waals surface area contributed by atoms with E-state index in [0.717, 1.165) is 65.3 Å². The maximum absolute atomic E-state index is 13.7. The Balaban J connectivity index is 0.000000290. The molecule has 20 atom stereocenters. The highest BCUT2D eigenvalue weighted by atomic mass is 16.6. The van der Waals surface area contributed by atoms with Gasteiger partial charge in [-0.2, -0.15) is 0 Å². The van der Waals surface area contributed by atoms with Crippen molar-refractivity contribution in [2.75, 3.05) is 109 Å². The molecule has 8 aliphatic heterocycles. The van der Waals surface area contributed by atoms with Gasteiger partial charge in [0, 0.05) is 219 Å². The van der Waals surface area contributed by atoms with Crippen LogP contribution in [-0.4, -0.2) is 201 Å². The van der Waals surface area contributed by atoms with E-state index in [1.165, 1.54) is 40.6 Å². The van der Waals surface area contributed by atoms with E-state index in [2.05, 4.69) is 0 Å². The van der Waals surface area contributed by atoms with Crippen LogP contribution in [0.3, 0.4) is 0 Å². The zero-order valence-corrected chi connectivity index (χ0v) is 66.6. The lowest BCUT2D eigenvalue weighted by atomic mass is 9.79. The van der Waals surface area contributed by atoms with Gasteiger partial charge in [0.05, 0.1) is 74.6 Å². The molecule has 8 aliphatic rings. The third-order valence-electron chi connectivity index (χ3n) is 19.5. The summed E-state index contributed by atoms with van der Waals surface area (Å²) in [5.41, 5.74) is 20.5. The number of carbonyl (C=O) groups is 4. The SMILES string of the molecule is [2H]C([2H])([2H])Oc1cc2c(cc1OC)C1CC(OC(=O)[C@@]([2H])(N)C([2H])(C([2H])([2H])[2H])C([2H])([2H])[2H])C(C([2H])([2H])C([2H])(C)C([2H])([2H])[2H])CN1C([2H])([2H])C2([2H])[2H].[2H]C([2H])([2H])Oc1cc2c(cc1OC)C1CC([2H])(OC(=O)[C@@]([2H])(N)C([2H])(C([2H])([2H])[2H])C([2H])([2H])[2H])C(C([2H])([2H])C([2H])(C)C([2H])([2H])[2H])CN1C([2H])([2H])C2([2H])[2H].[2H]C1(OC(=O)[C@@]([2H])(N)C([2H])(C([2H])([2H])[2H])C([2H])([2H])[2H])CC2c3cc(OC)c(OC)cc3C([2H])([2H])C([2H])([2H])N2CC1C([2H])([2H])C([2H])(C)C([2H])([2H])[2H].[2H]C1(OC(=O)[C@@]([2H])(N)C([2H])(C([2H])([2H])[2H])C([2H])([2H])[2H])CC2c3cc(OC)c(OC)cc3C([2H])([2H])C([2H])([2H])N2CC1C([2H])([2H])C([2H])(C)C([2H])([2H])[2H]. The Bertz CT molecular complexity index is 7440. The molecule has 24 nitrogen and oxygen atoms in total. The zero-order chi connectivity index (χ0) is 158. The highest BCUT2D eigenvalue weighted by molar-refractivity contribution is 5.77. The lowest BCUT2D eigenvalue weighted by Crippen LogP contribution is -2.51. The summed E-state index contributed by atoms with van der Waals surface area (Å²) in [7, 11) is 0.968. The molecule has 0 spiro atoms. The van der Waals surface area contributed by atoms with Crippen molar-refractivity contribution in [1.29, 1.82) is 0 Å². The quantitative estimate of drug-likeness (QED) is 0.0303. The fourth-order valence-electron chi connectivity index (χ4n) is 13.9. The minimum atomic E-state index is -4.14. The molecular weight excluding hydrogens is 1520 g/mol. The molecular formula is C96H152N8O16. The molecule has 0 saturated carbocycles. The number of esters is 4. The topological polar surface area (TPSA) is 296 Å². The Kier molecular flexibility index (Phi) is 12.7. The molecule has 4 aromatic rings. The van der Waals surface area contributed by atoms with E-state index in [0.29, 0.717) is 32.6 Å². The summed E-state index contributed by atoms with van der Waals surface area (Å²) in [6.07, 6.45) is -41.4. The molecule has 16 unspecified atom stereocenters. The Hall–Kier alpha value is -7.16. The Morgan fingerprint density at radius 2 is 0.600 bits per heavy atom. The monoisotopic (exact) mass is 1750 g/mol. The zero-order valence-electron chi connectivity index (χ0n) is 148. The third kappa shape index (κ3) is 23.8. The Morgan fingerprint density at radius 3 is 0.850 bits per heavy atom. The number of hydrogen-bond donors (Lipinski definition) is 4. The molecule has 672 valence electrons. The van der Waals surface area contributed by atoms with Gasteiger partial charge < -0.3 is 79.8 Å². The molecule has 0 aliphatic carbocycles. The van der Waals surface area contributed by atoms with Crippen molar-refractivity contribution in [3.63, 3.8) is 0 Å². The molecule has 4 saturated heterocycles. The van der Waals surface area contributed by atoms with E-state index in [1.54, 1.807) is 0 Å². The van der Waals surface area contributed by atoms with Crippen LogP contribution in [0.2, 0.25) is 0 Å². The number of rotatable bonds is 28. The van der Waals surface area contributed by atoms with E-state index in [1.807, 2.05) is 0 Å². The van der Waals surface area contributed by atoms with Crippen molar-refractivity contribution in [3.8, 4) is 46.0 Å². The van der Waals surface area contributed by atoms with E-state index in [-0.39, 0.29) is 67.9 Å². The predicted octanol–water partition coefficient (Wildman–Crippen LogP) is 14.3. The van der Waals surface area contributed by atoms with Gasteiger partial charge in [-0.1, -0.05) is 110 Å². The summed E-state index contributed by atoms with van der Waals surface area (Å²) in [4.78, 5) is 57.7. The van der Waals surface area contributed by atoms with Crippen molar-refractivity contribution < 1.29 is 187 Å². The van der Waals surface area contributed by atoms with Crippen molar-refractivity contribution in [3.05, 3.63) is 93.0 Å². The number of ether oxygens (including phenoxy) is 12. The number of piperidine rings is 4. The molecule has 0 amide bonds. The van der Waals surface area contributed by atoms with Gasteiger partial charge in [0.2, 0.25) is 0 Å². The lowest BCUT2D eigenvalue weighted by molar-refractivity contribution is -0.161.